The SMILES string of the molecule is CC1CCCC(NCCCCN)C1. The molecule has 0 saturated heterocycles. The molecule has 3 N–H and O–H groups in total. The van der Waals surface area contributed by atoms with E-state index < -0.39 is 0 Å². The van der Waals surface area contributed by atoms with Gasteiger partial charge in [-0.1, -0.05) is 19.8 Å². The van der Waals surface area contributed by atoms with Gasteiger partial charge in [0.1, 0.15) is 0 Å². The molecular formula is C11H24N2. The first-order chi connectivity index (χ1) is 6.33. The van der Waals surface area contributed by atoms with Gasteiger partial charge in [-0.3, -0.25) is 0 Å². The Morgan fingerprint density at radius 3 is 2.85 bits per heavy atom. The second-order valence-corrected chi connectivity index (χ2v) is 4.42. The lowest BCUT2D eigenvalue weighted by molar-refractivity contribution is 0.301. The summed E-state index contributed by atoms with van der Waals surface area (Å²) in [5.41, 5.74) is 5.44. The molecule has 1 aliphatic rings. The summed E-state index contributed by atoms with van der Waals surface area (Å²) in [4.78, 5) is 0. The van der Waals surface area contributed by atoms with E-state index in [1.807, 2.05) is 0 Å². The van der Waals surface area contributed by atoms with Gasteiger partial charge in [0.05, 0.1) is 0 Å². The largest absolute Gasteiger partial charge is 0.330 e. The van der Waals surface area contributed by atoms with Crippen molar-refractivity contribution >= 4 is 0 Å². The van der Waals surface area contributed by atoms with Crippen molar-refractivity contribution in [3.8, 4) is 0 Å². The van der Waals surface area contributed by atoms with Gasteiger partial charge < -0.3 is 11.1 Å². The Kier molecular flexibility index (Phi) is 5.40. The molecule has 2 nitrogen and oxygen atoms in total. The number of unbranched alkanes of at least 4 members (excludes halogenated alkanes) is 1. The van der Waals surface area contributed by atoms with Crippen LogP contribution in [-0.2, 0) is 0 Å². The fourth-order valence-corrected chi connectivity index (χ4v) is 2.20. The summed E-state index contributed by atoms with van der Waals surface area (Å²) >= 11 is 0. The van der Waals surface area contributed by atoms with Crippen LogP contribution >= 0.6 is 0 Å². The maximum atomic E-state index is 5.44. The van der Waals surface area contributed by atoms with Crippen molar-refractivity contribution in [1.82, 2.24) is 5.32 Å². The van der Waals surface area contributed by atoms with E-state index in [1.165, 1.54) is 32.1 Å². The summed E-state index contributed by atoms with van der Waals surface area (Å²) in [6, 6.07) is 0.793. The molecule has 13 heavy (non-hydrogen) atoms. The van der Waals surface area contributed by atoms with Gasteiger partial charge in [-0.05, 0) is 44.7 Å². The van der Waals surface area contributed by atoms with Crippen LogP contribution in [0, 0.1) is 5.92 Å². The average molecular weight is 184 g/mol. The van der Waals surface area contributed by atoms with Crippen molar-refractivity contribution in [2.75, 3.05) is 13.1 Å². The minimum Gasteiger partial charge on any atom is -0.330 e. The van der Waals surface area contributed by atoms with Crippen LogP contribution in [0.2, 0.25) is 0 Å². The second-order valence-electron chi connectivity index (χ2n) is 4.42. The average Bonchev–Trinajstić information content (AvgIpc) is 2.13. The number of hydrogen-bond acceptors (Lipinski definition) is 2. The third-order valence-electron chi connectivity index (χ3n) is 3.00. The van der Waals surface area contributed by atoms with Crippen LogP contribution in [0.25, 0.3) is 0 Å². The van der Waals surface area contributed by atoms with Crippen LogP contribution < -0.4 is 11.1 Å². The zero-order valence-electron chi connectivity index (χ0n) is 8.89. The highest BCUT2D eigenvalue weighted by Gasteiger charge is 2.17. The van der Waals surface area contributed by atoms with Crippen LogP contribution in [0.4, 0.5) is 0 Å². The highest BCUT2D eigenvalue weighted by Crippen LogP contribution is 2.23. The van der Waals surface area contributed by atoms with Crippen LogP contribution in [0.5, 0.6) is 0 Å². The Labute approximate surface area is 82.3 Å². The third-order valence-corrected chi connectivity index (χ3v) is 3.00. The molecule has 2 unspecified atom stereocenters. The van der Waals surface area contributed by atoms with Crippen molar-refractivity contribution in [1.29, 1.82) is 0 Å². The molecular weight excluding hydrogens is 160 g/mol. The molecule has 0 aromatic heterocycles. The van der Waals surface area contributed by atoms with Gasteiger partial charge in [-0.2, -0.15) is 0 Å². The number of nitrogens with one attached hydrogen (secondary N) is 1. The lowest BCUT2D eigenvalue weighted by Crippen LogP contribution is -2.34. The molecule has 1 aliphatic carbocycles. The Hall–Kier alpha value is -0.0800. The molecule has 0 radical (unpaired) electrons. The number of rotatable bonds is 5. The summed E-state index contributed by atoms with van der Waals surface area (Å²) in [6.07, 6.45) is 8.00. The van der Waals surface area contributed by atoms with E-state index in [1.54, 1.807) is 0 Å². The Morgan fingerprint density at radius 1 is 1.31 bits per heavy atom. The normalized spacial score (nSPS) is 29.1. The quantitative estimate of drug-likeness (QED) is 0.640. The van der Waals surface area contributed by atoms with Gasteiger partial charge in [0, 0.05) is 6.04 Å². The second kappa shape index (κ2) is 6.39. The fourth-order valence-electron chi connectivity index (χ4n) is 2.20. The zero-order chi connectivity index (χ0) is 9.52. The first kappa shape index (κ1) is 11.0. The monoisotopic (exact) mass is 184 g/mol. The highest BCUT2D eigenvalue weighted by molar-refractivity contribution is 4.75. The number of nitrogens with two attached hydrogens (primary N) is 1. The Morgan fingerprint density at radius 2 is 2.15 bits per heavy atom. The van der Waals surface area contributed by atoms with Gasteiger partial charge in [0.2, 0.25) is 0 Å². The molecule has 2 atom stereocenters. The van der Waals surface area contributed by atoms with Gasteiger partial charge in [0.15, 0.2) is 0 Å². The van der Waals surface area contributed by atoms with E-state index in [2.05, 4.69) is 12.2 Å². The first-order valence-corrected chi connectivity index (χ1v) is 5.76. The summed E-state index contributed by atoms with van der Waals surface area (Å²) < 4.78 is 0. The van der Waals surface area contributed by atoms with E-state index in [4.69, 9.17) is 5.73 Å². The van der Waals surface area contributed by atoms with Crippen molar-refractivity contribution in [2.24, 2.45) is 11.7 Å². The highest BCUT2D eigenvalue weighted by atomic mass is 14.9. The van der Waals surface area contributed by atoms with Crippen molar-refractivity contribution in [3.63, 3.8) is 0 Å². The van der Waals surface area contributed by atoms with E-state index in [0.29, 0.717) is 0 Å². The van der Waals surface area contributed by atoms with Gasteiger partial charge in [-0.25, -0.2) is 0 Å². The minimum absolute atomic E-state index is 0.793. The molecule has 1 rings (SSSR count). The predicted octanol–water partition coefficient (Wildman–Crippen LogP) is 1.89. The molecule has 0 amide bonds. The number of hydrogen-bond donors (Lipinski definition) is 2. The molecule has 0 spiro atoms. The molecule has 0 aromatic rings. The first-order valence-electron chi connectivity index (χ1n) is 5.76. The standard InChI is InChI=1S/C11H24N2/c1-10-5-4-6-11(9-10)13-8-3-2-7-12/h10-11,13H,2-9,12H2,1H3. The summed E-state index contributed by atoms with van der Waals surface area (Å²) in [5.74, 6) is 0.931. The molecule has 0 bridgehead atoms. The van der Waals surface area contributed by atoms with E-state index in [0.717, 1.165) is 31.5 Å². The van der Waals surface area contributed by atoms with Crippen LogP contribution in [0.15, 0.2) is 0 Å². The Balaban J connectivity index is 2.00. The molecule has 1 fully saturated rings. The van der Waals surface area contributed by atoms with Crippen LogP contribution in [0.1, 0.15) is 45.4 Å². The summed E-state index contributed by atoms with van der Waals surface area (Å²) in [5, 5.41) is 3.63. The van der Waals surface area contributed by atoms with E-state index in [-0.39, 0.29) is 0 Å². The van der Waals surface area contributed by atoms with E-state index in [9.17, 15) is 0 Å². The minimum atomic E-state index is 0.793. The predicted molar refractivity (Wildman–Crippen MR) is 57.7 cm³/mol. The van der Waals surface area contributed by atoms with Crippen molar-refractivity contribution < 1.29 is 0 Å². The Bertz CT molecular complexity index is 125. The molecule has 1 saturated carbocycles. The van der Waals surface area contributed by atoms with Gasteiger partial charge in [0.25, 0.3) is 0 Å². The molecule has 0 aromatic carbocycles. The van der Waals surface area contributed by atoms with Gasteiger partial charge in [-0.15, -0.1) is 0 Å². The van der Waals surface area contributed by atoms with Gasteiger partial charge >= 0.3 is 0 Å². The maximum absolute atomic E-state index is 5.44. The van der Waals surface area contributed by atoms with Crippen molar-refractivity contribution in [3.05, 3.63) is 0 Å². The lowest BCUT2D eigenvalue weighted by atomic mass is 9.87. The summed E-state index contributed by atoms with van der Waals surface area (Å²) in [7, 11) is 0. The summed E-state index contributed by atoms with van der Waals surface area (Å²) in [6.45, 7) is 4.37. The smallest absolute Gasteiger partial charge is 0.00696 e. The maximum Gasteiger partial charge on any atom is 0.00696 e. The zero-order valence-corrected chi connectivity index (χ0v) is 8.89. The molecule has 0 heterocycles. The molecule has 0 aliphatic heterocycles. The third kappa shape index (κ3) is 4.63. The van der Waals surface area contributed by atoms with E-state index >= 15 is 0 Å². The lowest BCUT2D eigenvalue weighted by Gasteiger charge is -2.27. The topological polar surface area (TPSA) is 38.0 Å². The molecule has 2 heteroatoms. The fraction of sp³-hybridized carbons (Fsp3) is 1.00. The van der Waals surface area contributed by atoms with Crippen LogP contribution in [-0.4, -0.2) is 19.1 Å². The van der Waals surface area contributed by atoms with Crippen molar-refractivity contribution in [2.45, 2.75) is 51.5 Å². The molecule has 78 valence electrons. The van der Waals surface area contributed by atoms with Crippen LogP contribution in [0.3, 0.4) is 0 Å².